The van der Waals surface area contributed by atoms with E-state index < -0.39 is 0 Å². The van der Waals surface area contributed by atoms with Gasteiger partial charge in [-0.25, -0.2) is 0 Å². The second kappa shape index (κ2) is 4.49. The summed E-state index contributed by atoms with van der Waals surface area (Å²) in [6.07, 6.45) is 0. The number of fused-ring (bicyclic) bond motifs is 1. The van der Waals surface area contributed by atoms with Crippen molar-refractivity contribution in [1.29, 1.82) is 0 Å². The lowest BCUT2D eigenvalue weighted by Gasteiger charge is -2.05. The maximum atomic E-state index is 3.27. The van der Waals surface area contributed by atoms with Crippen LogP contribution in [0.25, 0.3) is 10.8 Å². The monoisotopic (exact) mass is 203 g/mol. The van der Waals surface area contributed by atoms with Gasteiger partial charge in [-0.05, 0) is 28.8 Å². The normalized spacial score (nSPS) is 10.6. The lowest BCUT2D eigenvalue weighted by atomic mass is 10.1. The number of hydrogen-bond donors (Lipinski definition) is 1. The minimum Gasteiger partial charge on any atom is -0.260 e. The zero-order valence-electron chi connectivity index (χ0n) is 8.16. The summed E-state index contributed by atoms with van der Waals surface area (Å²) in [6, 6.07) is 14.9. The molecule has 2 aromatic rings. The third kappa shape index (κ3) is 1.91. The lowest BCUT2D eigenvalue weighted by molar-refractivity contribution is 1.03. The van der Waals surface area contributed by atoms with Gasteiger partial charge in [0.05, 0.1) is 0 Å². The first kappa shape index (κ1) is 9.56. The van der Waals surface area contributed by atoms with E-state index in [1.165, 1.54) is 15.7 Å². The van der Waals surface area contributed by atoms with Crippen LogP contribution in [0, 0.1) is 0 Å². The van der Waals surface area contributed by atoms with Crippen molar-refractivity contribution >= 4 is 22.7 Å². The van der Waals surface area contributed by atoms with Crippen LogP contribution in [0.1, 0.15) is 6.92 Å². The van der Waals surface area contributed by atoms with Crippen molar-refractivity contribution in [1.82, 2.24) is 4.72 Å². The zero-order chi connectivity index (χ0) is 9.80. The van der Waals surface area contributed by atoms with Crippen LogP contribution in [0.15, 0.2) is 47.4 Å². The van der Waals surface area contributed by atoms with Crippen molar-refractivity contribution in [3.63, 3.8) is 0 Å². The molecule has 2 heteroatoms. The molecule has 0 aliphatic rings. The molecule has 0 unspecified atom stereocenters. The first-order chi connectivity index (χ1) is 6.92. The first-order valence-electron chi connectivity index (χ1n) is 4.79. The summed E-state index contributed by atoms with van der Waals surface area (Å²) in [5.41, 5.74) is 0. The van der Waals surface area contributed by atoms with Gasteiger partial charge in [0.2, 0.25) is 0 Å². The van der Waals surface area contributed by atoms with Gasteiger partial charge in [0.1, 0.15) is 0 Å². The highest BCUT2D eigenvalue weighted by Crippen LogP contribution is 2.25. The predicted octanol–water partition coefficient (Wildman–Crippen LogP) is 3.46. The molecule has 1 nitrogen and oxygen atoms in total. The van der Waals surface area contributed by atoms with Crippen LogP contribution in [0.4, 0.5) is 0 Å². The van der Waals surface area contributed by atoms with Crippen LogP contribution in [-0.2, 0) is 0 Å². The zero-order valence-corrected chi connectivity index (χ0v) is 8.97. The molecule has 0 aliphatic heterocycles. The van der Waals surface area contributed by atoms with E-state index in [2.05, 4.69) is 54.1 Å². The maximum Gasteiger partial charge on any atom is 0.0306 e. The van der Waals surface area contributed by atoms with E-state index in [0.717, 1.165) is 6.54 Å². The third-order valence-corrected chi connectivity index (χ3v) is 3.09. The molecule has 0 bridgehead atoms. The highest BCUT2D eigenvalue weighted by atomic mass is 32.2. The molecule has 2 rings (SSSR count). The maximum absolute atomic E-state index is 3.27. The molecule has 0 aromatic heterocycles. The van der Waals surface area contributed by atoms with E-state index in [1.54, 1.807) is 11.9 Å². The van der Waals surface area contributed by atoms with Gasteiger partial charge in [0.15, 0.2) is 0 Å². The Bertz CT molecular complexity index is 420. The van der Waals surface area contributed by atoms with Gasteiger partial charge in [0, 0.05) is 11.4 Å². The molecule has 0 fully saturated rings. The molecule has 0 heterocycles. The molecule has 0 saturated carbocycles. The van der Waals surface area contributed by atoms with Gasteiger partial charge < -0.3 is 0 Å². The number of rotatable bonds is 3. The number of benzene rings is 2. The summed E-state index contributed by atoms with van der Waals surface area (Å²) in [5, 5.41) is 2.62. The molecular weight excluding hydrogens is 190 g/mol. The predicted molar refractivity (Wildman–Crippen MR) is 63.5 cm³/mol. The molecular formula is C12H13NS. The largest absolute Gasteiger partial charge is 0.260 e. The SMILES string of the molecule is CCNSc1cccc2ccccc12. The fraction of sp³-hybridized carbons (Fsp3) is 0.167. The summed E-state index contributed by atoms with van der Waals surface area (Å²) < 4.78 is 3.27. The van der Waals surface area contributed by atoms with E-state index in [-0.39, 0.29) is 0 Å². The van der Waals surface area contributed by atoms with Crippen molar-refractivity contribution in [3.8, 4) is 0 Å². The average molecular weight is 203 g/mol. The Labute approximate surface area is 88.7 Å². The second-order valence-corrected chi connectivity index (χ2v) is 4.01. The van der Waals surface area contributed by atoms with Gasteiger partial charge >= 0.3 is 0 Å². The van der Waals surface area contributed by atoms with E-state index in [4.69, 9.17) is 0 Å². The average Bonchev–Trinajstić information content (AvgIpc) is 2.26. The smallest absolute Gasteiger partial charge is 0.0306 e. The third-order valence-electron chi connectivity index (χ3n) is 2.08. The van der Waals surface area contributed by atoms with Gasteiger partial charge in [0.25, 0.3) is 0 Å². The number of nitrogens with one attached hydrogen (secondary N) is 1. The van der Waals surface area contributed by atoms with Gasteiger partial charge in [-0.2, -0.15) is 0 Å². The molecule has 2 aromatic carbocycles. The molecule has 0 radical (unpaired) electrons. The summed E-state index contributed by atoms with van der Waals surface area (Å²) in [6.45, 7) is 3.09. The Balaban J connectivity index is 2.43. The Morgan fingerprint density at radius 2 is 1.86 bits per heavy atom. The molecule has 0 aliphatic carbocycles. The van der Waals surface area contributed by atoms with Crippen molar-refractivity contribution in [2.75, 3.05) is 6.54 Å². The summed E-state index contributed by atoms with van der Waals surface area (Å²) >= 11 is 1.70. The van der Waals surface area contributed by atoms with Gasteiger partial charge in [-0.15, -0.1) is 0 Å². The van der Waals surface area contributed by atoms with Gasteiger partial charge in [-0.3, -0.25) is 4.72 Å². The Morgan fingerprint density at radius 1 is 1.07 bits per heavy atom. The molecule has 0 amide bonds. The minimum atomic E-state index is 0.980. The fourth-order valence-corrected chi connectivity index (χ4v) is 2.18. The van der Waals surface area contributed by atoms with Crippen LogP contribution in [0.3, 0.4) is 0 Å². The molecule has 0 saturated heterocycles. The van der Waals surface area contributed by atoms with Crippen LogP contribution in [0.5, 0.6) is 0 Å². The topological polar surface area (TPSA) is 12.0 Å². The van der Waals surface area contributed by atoms with E-state index >= 15 is 0 Å². The van der Waals surface area contributed by atoms with E-state index in [9.17, 15) is 0 Å². The quantitative estimate of drug-likeness (QED) is 0.767. The summed E-state index contributed by atoms with van der Waals surface area (Å²) in [5.74, 6) is 0. The molecule has 14 heavy (non-hydrogen) atoms. The van der Waals surface area contributed by atoms with E-state index in [1.807, 2.05) is 0 Å². The summed E-state index contributed by atoms with van der Waals surface area (Å²) in [7, 11) is 0. The van der Waals surface area contributed by atoms with Crippen molar-refractivity contribution in [2.24, 2.45) is 0 Å². The fourth-order valence-electron chi connectivity index (χ4n) is 1.43. The van der Waals surface area contributed by atoms with E-state index in [0.29, 0.717) is 0 Å². The van der Waals surface area contributed by atoms with Crippen LogP contribution >= 0.6 is 11.9 Å². The number of hydrogen-bond acceptors (Lipinski definition) is 2. The van der Waals surface area contributed by atoms with Crippen molar-refractivity contribution < 1.29 is 0 Å². The lowest BCUT2D eigenvalue weighted by Crippen LogP contribution is -1.99. The highest BCUT2D eigenvalue weighted by molar-refractivity contribution is 7.97. The molecule has 1 N–H and O–H groups in total. The summed E-state index contributed by atoms with van der Waals surface area (Å²) in [4.78, 5) is 1.30. The minimum absolute atomic E-state index is 0.980. The van der Waals surface area contributed by atoms with Crippen molar-refractivity contribution in [2.45, 2.75) is 11.8 Å². The Morgan fingerprint density at radius 3 is 2.71 bits per heavy atom. The molecule has 72 valence electrons. The molecule has 0 spiro atoms. The van der Waals surface area contributed by atoms with Crippen LogP contribution < -0.4 is 4.72 Å². The standard InChI is InChI=1S/C12H13NS/c1-2-13-14-12-9-5-7-10-6-3-4-8-11(10)12/h3-9,13H,2H2,1H3. The molecule has 0 atom stereocenters. The van der Waals surface area contributed by atoms with Crippen molar-refractivity contribution in [3.05, 3.63) is 42.5 Å². The Kier molecular flexibility index (Phi) is 3.07. The highest BCUT2D eigenvalue weighted by Gasteiger charge is 1.98. The Hall–Kier alpha value is -0.990. The second-order valence-electron chi connectivity index (χ2n) is 3.08. The van der Waals surface area contributed by atoms with Crippen LogP contribution in [-0.4, -0.2) is 6.54 Å². The van der Waals surface area contributed by atoms with Crippen LogP contribution in [0.2, 0.25) is 0 Å². The first-order valence-corrected chi connectivity index (χ1v) is 5.61. The van der Waals surface area contributed by atoms with Gasteiger partial charge in [-0.1, -0.05) is 43.3 Å².